The molecule has 0 aliphatic heterocycles. The maximum atomic E-state index is 11.3. The minimum atomic E-state index is -1.49. The van der Waals surface area contributed by atoms with Gasteiger partial charge in [0.15, 0.2) is 0 Å². The summed E-state index contributed by atoms with van der Waals surface area (Å²) >= 11 is 0. The molecule has 0 aliphatic carbocycles. The van der Waals surface area contributed by atoms with Crippen LogP contribution in [0, 0.1) is 0 Å². The molecule has 7 N–H and O–H groups in total. The molecule has 16 heavy (non-hydrogen) atoms. The molecule has 1 unspecified atom stereocenters. The van der Waals surface area contributed by atoms with Crippen LogP contribution in [0.4, 0.5) is 4.79 Å². The predicted octanol–water partition coefficient (Wildman–Crippen LogP) is -2.90. The largest absolute Gasteiger partial charge is 0.465 e. The van der Waals surface area contributed by atoms with Crippen LogP contribution in [0.2, 0.25) is 0 Å². The second-order valence-corrected chi connectivity index (χ2v) is 2.86. The SMILES string of the molecule is NC(=O)CNC(=O)C(CC(N)=O)NC(=O)O. The fourth-order valence-electron chi connectivity index (χ4n) is 0.857. The third kappa shape index (κ3) is 6.18. The number of nitrogens with one attached hydrogen (secondary N) is 2. The third-order valence-electron chi connectivity index (χ3n) is 1.46. The van der Waals surface area contributed by atoms with Gasteiger partial charge in [0, 0.05) is 0 Å². The van der Waals surface area contributed by atoms with E-state index < -0.39 is 42.8 Å². The number of carbonyl (C=O) groups is 4. The fourth-order valence-corrected chi connectivity index (χ4v) is 0.857. The topological polar surface area (TPSA) is 165 Å². The lowest BCUT2D eigenvalue weighted by Crippen LogP contribution is -2.49. The van der Waals surface area contributed by atoms with Gasteiger partial charge in [-0.15, -0.1) is 0 Å². The average Bonchev–Trinajstić information content (AvgIpc) is 2.11. The Morgan fingerprint density at radius 3 is 2.06 bits per heavy atom. The van der Waals surface area contributed by atoms with Crippen LogP contribution in [0.15, 0.2) is 0 Å². The van der Waals surface area contributed by atoms with Gasteiger partial charge < -0.3 is 27.2 Å². The Morgan fingerprint density at radius 2 is 1.69 bits per heavy atom. The van der Waals surface area contributed by atoms with Crippen molar-refractivity contribution in [3.05, 3.63) is 0 Å². The summed E-state index contributed by atoms with van der Waals surface area (Å²) in [5, 5.41) is 12.2. The Balaban J connectivity index is 4.36. The molecule has 0 aliphatic rings. The number of hydrogen-bond donors (Lipinski definition) is 5. The van der Waals surface area contributed by atoms with Gasteiger partial charge in [0.25, 0.3) is 0 Å². The van der Waals surface area contributed by atoms with E-state index in [-0.39, 0.29) is 0 Å². The van der Waals surface area contributed by atoms with E-state index in [9.17, 15) is 19.2 Å². The highest BCUT2D eigenvalue weighted by Gasteiger charge is 2.22. The molecule has 9 nitrogen and oxygen atoms in total. The molecular weight excluding hydrogens is 220 g/mol. The van der Waals surface area contributed by atoms with E-state index in [1.807, 2.05) is 5.32 Å². The van der Waals surface area contributed by atoms with Crippen molar-refractivity contribution in [1.82, 2.24) is 10.6 Å². The third-order valence-corrected chi connectivity index (χ3v) is 1.46. The summed E-state index contributed by atoms with van der Waals surface area (Å²) in [6.07, 6.45) is -1.99. The molecule has 0 saturated carbocycles. The monoisotopic (exact) mass is 232 g/mol. The van der Waals surface area contributed by atoms with Gasteiger partial charge in [-0.1, -0.05) is 0 Å². The van der Waals surface area contributed by atoms with Crippen LogP contribution in [0.5, 0.6) is 0 Å². The van der Waals surface area contributed by atoms with E-state index >= 15 is 0 Å². The number of nitrogens with two attached hydrogens (primary N) is 2. The van der Waals surface area contributed by atoms with E-state index in [2.05, 4.69) is 0 Å². The molecule has 0 aromatic rings. The molecule has 0 bridgehead atoms. The first kappa shape index (κ1) is 13.7. The first-order valence-corrected chi connectivity index (χ1v) is 4.16. The highest BCUT2D eigenvalue weighted by Crippen LogP contribution is 1.91. The van der Waals surface area contributed by atoms with E-state index in [1.165, 1.54) is 0 Å². The van der Waals surface area contributed by atoms with E-state index in [1.54, 1.807) is 5.32 Å². The van der Waals surface area contributed by atoms with Crippen molar-refractivity contribution in [2.24, 2.45) is 11.5 Å². The average molecular weight is 232 g/mol. The highest BCUT2D eigenvalue weighted by atomic mass is 16.4. The van der Waals surface area contributed by atoms with Crippen molar-refractivity contribution in [1.29, 1.82) is 0 Å². The fraction of sp³-hybridized carbons (Fsp3) is 0.429. The second-order valence-electron chi connectivity index (χ2n) is 2.86. The van der Waals surface area contributed by atoms with Crippen LogP contribution in [-0.4, -0.2) is 41.5 Å². The zero-order valence-electron chi connectivity index (χ0n) is 8.23. The van der Waals surface area contributed by atoms with Crippen LogP contribution < -0.4 is 22.1 Å². The number of rotatable bonds is 6. The molecule has 0 aromatic heterocycles. The van der Waals surface area contributed by atoms with Gasteiger partial charge >= 0.3 is 6.09 Å². The minimum absolute atomic E-state index is 0.449. The summed E-state index contributed by atoms with van der Waals surface area (Å²) in [7, 11) is 0. The lowest BCUT2D eigenvalue weighted by Gasteiger charge is -2.14. The van der Waals surface area contributed by atoms with Crippen molar-refractivity contribution >= 4 is 23.8 Å². The van der Waals surface area contributed by atoms with Gasteiger partial charge in [-0.2, -0.15) is 0 Å². The lowest BCUT2D eigenvalue weighted by atomic mass is 10.2. The summed E-state index contributed by atoms with van der Waals surface area (Å²) in [6, 6.07) is -1.34. The van der Waals surface area contributed by atoms with Gasteiger partial charge in [0.1, 0.15) is 6.04 Å². The molecule has 1 atom stereocenters. The number of carbonyl (C=O) groups excluding carboxylic acids is 3. The van der Waals surface area contributed by atoms with Crippen molar-refractivity contribution in [3.8, 4) is 0 Å². The molecular formula is C7H12N4O5. The molecule has 0 radical (unpaired) electrons. The van der Waals surface area contributed by atoms with Gasteiger partial charge in [-0.25, -0.2) is 4.79 Å². The molecule has 0 heterocycles. The first-order valence-electron chi connectivity index (χ1n) is 4.16. The van der Waals surface area contributed by atoms with Crippen molar-refractivity contribution < 1.29 is 24.3 Å². The van der Waals surface area contributed by atoms with Crippen LogP contribution in [0.1, 0.15) is 6.42 Å². The maximum absolute atomic E-state index is 11.3. The molecule has 0 saturated heterocycles. The number of amides is 4. The molecule has 4 amide bonds. The smallest absolute Gasteiger partial charge is 0.405 e. The summed E-state index contributed by atoms with van der Waals surface area (Å²) in [5.74, 6) is -2.49. The molecule has 0 spiro atoms. The molecule has 0 aromatic carbocycles. The van der Waals surface area contributed by atoms with Crippen LogP contribution in [0.3, 0.4) is 0 Å². The Hall–Kier alpha value is -2.32. The number of hydrogen-bond acceptors (Lipinski definition) is 4. The quantitative estimate of drug-likeness (QED) is 0.331. The van der Waals surface area contributed by atoms with Crippen molar-refractivity contribution in [3.63, 3.8) is 0 Å². The first-order chi connectivity index (χ1) is 7.32. The van der Waals surface area contributed by atoms with Crippen molar-refractivity contribution in [2.75, 3.05) is 6.54 Å². The number of primary amides is 2. The Kier molecular flexibility index (Phi) is 5.32. The van der Waals surface area contributed by atoms with E-state index in [4.69, 9.17) is 16.6 Å². The molecule has 90 valence electrons. The normalized spacial score (nSPS) is 11.2. The Labute approximate surface area is 90.1 Å². The lowest BCUT2D eigenvalue weighted by molar-refractivity contribution is -0.128. The highest BCUT2D eigenvalue weighted by molar-refractivity contribution is 5.92. The Morgan fingerprint density at radius 1 is 1.12 bits per heavy atom. The second kappa shape index (κ2) is 6.22. The summed E-state index contributed by atoms with van der Waals surface area (Å²) in [6.45, 7) is -0.449. The zero-order valence-corrected chi connectivity index (χ0v) is 8.23. The van der Waals surface area contributed by atoms with E-state index in [0.29, 0.717) is 0 Å². The molecule has 0 fully saturated rings. The molecule has 0 rings (SSSR count). The van der Waals surface area contributed by atoms with Gasteiger partial charge in [0.2, 0.25) is 17.7 Å². The number of carboxylic acid groups (broad SMARTS) is 1. The van der Waals surface area contributed by atoms with Crippen LogP contribution in [0.25, 0.3) is 0 Å². The maximum Gasteiger partial charge on any atom is 0.405 e. The van der Waals surface area contributed by atoms with Gasteiger partial charge in [-0.05, 0) is 0 Å². The predicted molar refractivity (Wildman–Crippen MR) is 51.0 cm³/mol. The van der Waals surface area contributed by atoms with Gasteiger partial charge in [-0.3, -0.25) is 14.4 Å². The standard InChI is InChI=1S/C7H12N4O5/c8-4(12)1-3(11-7(15)16)6(14)10-2-5(9)13/h3,11H,1-2H2,(H2,8,12)(H2,9,13)(H,10,14)(H,15,16). The summed E-state index contributed by atoms with van der Waals surface area (Å²) < 4.78 is 0. The summed E-state index contributed by atoms with van der Waals surface area (Å²) in [5.41, 5.74) is 9.58. The van der Waals surface area contributed by atoms with Crippen molar-refractivity contribution in [2.45, 2.75) is 12.5 Å². The van der Waals surface area contributed by atoms with E-state index in [0.717, 1.165) is 0 Å². The summed E-state index contributed by atoms with van der Waals surface area (Å²) in [4.78, 5) is 42.5. The minimum Gasteiger partial charge on any atom is -0.465 e. The molecule has 9 heteroatoms. The van der Waals surface area contributed by atoms with Crippen LogP contribution >= 0.6 is 0 Å². The van der Waals surface area contributed by atoms with Gasteiger partial charge in [0.05, 0.1) is 13.0 Å². The zero-order chi connectivity index (χ0) is 12.7. The Bertz CT molecular complexity index is 300. The van der Waals surface area contributed by atoms with Crippen LogP contribution in [-0.2, 0) is 14.4 Å².